The van der Waals surface area contributed by atoms with E-state index in [1.54, 1.807) is 23.7 Å². The number of rotatable bonds is 5. The molecule has 3 aromatic rings. The van der Waals surface area contributed by atoms with Gasteiger partial charge >= 0.3 is 0 Å². The number of imidazole rings is 1. The Morgan fingerprint density at radius 3 is 2.57 bits per heavy atom. The van der Waals surface area contributed by atoms with Gasteiger partial charge in [-0.05, 0) is 29.8 Å². The van der Waals surface area contributed by atoms with Crippen LogP contribution < -0.4 is 5.32 Å². The van der Waals surface area contributed by atoms with E-state index >= 15 is 0 Å². The minimum Gasteiger partial charge on any atom is -0.380 e. The number of aryl methyl sites for hydroxylation is 1. The fraction of sp³-hybridized carbons (Fsp3) is 0.250. The molecule has 0 saturated carbocycles. The summed E-state index contributed by atoms with van der Waals surface area (Å²) in [5, 5.41) is 3.85. The molecular weight excluding hydrogens is 450 g/mol. The molecule has 2 heterocycles. The van der Waals surface area contributed by atoms with Crippen LogP contribution in [0.3, 0.4) is 0 Å². The van der Waals surface area contributed by atoms with E-state index in [1.807, 2.05) is 18.2 Å². The first-order valence-electron chi connectivity index (χ1n) is 9.20. The lowest BCUT2D eigenvalue weighted by molar-refractivity contribution is 0.468. The van der Waals surface area contributed by atoms with Crippen molar-refractivity contribution in [1.29, 1.82) is 0 Å². The Morgan fingerprint density at radius 2 is 1.90 bits per heavy atom. The normalized spacial score (nSPS) is 19.9. The van der Waals surface area contributed by atoms with Crippen LogP contribution in [0.1, 0.15) is 11.5 Å². The third-order valence-electron chi connectivity index (χ3n) is 5.15. The van der Waals surface area contributed by atoms with Crippen molar-refractivity contribution in [1.82, 2.24) is 13.9 Å². The number of hydrogen-bond donors (Lipinski definition) is 1. The highest BCUT2D eigenvalue weighted by Crippen LogP contribution is 2.36. The number of nitrogens with one attached hydrogen (secondary N) is 1. The monoisotopic (exact) mass is 468 g/mol. The fourth-order valence-corrected chi connectivity index (χ4v) is 5.57. The van der Waals surface area contributed by atoms with Gasteiger partial charge in [-0.15, -0.1) is 0 Å². The Morgan fingerprint density at radius 1 is 1.13 bits per heavy atom. The number of aromatic nitrogens is 2. The van der Waals surface area contributed by atoms with Crippen LogP contribution in [-0.2, 0) is 17.1 Å². The largest absolute Gasteiger partial charge is 0.380 e. The molecule has 0 radical (unpaired) electrons. The molecule has 0 aliphatic carbocycles. The molecular formula is C20H19Cl2FN4O2S. The summed E-state index contributed by atoms with van der Waals surface area (Å²) in [5.74, 6) is -0.739. The zero-order valence-corrected chi connectivity index (χ0v) is 18.3. The molecule has 1 aliphatic heterocycles. The topological polar surface area (TPSA) is 67.2 Å². The standard InChI is InChI=1S/C20H19Cl2FN4O2S/c1-26-11-20(24-12-26)30(28,29)27-9-15(14-4-2-3-5-16(14)21)19(10-27)25-13-6-7-18(23)17(22)8-13/h2-8,11-12,15,19,25H,9-10H2,1H3/t15-,19+/m1/s1. The Balaban J connectivity index is 1.68. The van der Waals surface area contributed by atoms with Gasteiger partial charge in [0.25, 0.3) is 10.0 Å². The third-order valence-corrected chi connectivity index (χ3v) is 7.50. The number of nitrogens with zero attached hydrogens (tertiary/aromatic N) is 3. The van der Waals surface area contributed by atoms with Crippen LogP contribution in [0.25, 0.3) is 0 Å². The molecule has 4 rings (SSSR count). The SMILES string of the molecule is Cn1cnc(S(=O)(=O)N2C[C@H](Nc3ccc(F)c(Cl)c3)[C@@H](c3ccccc3Cl)C2)c1. The van der Waals surface area contributed by atoms with E-state index in [1.165, 1.54) is 29.0 Å². The molecule has 1 aliphatic rings. The molecule has 0 bridgehead atoms. The van der Waals surface area contributed by atoms with Crippen molar-refractivity contribution >= 4 is 38.9 Å². The molecule has 0 spiro atoms. The van der Waals surface area contributed by atoms with Crippen LogP contribution in [0.2, 0.25) is 10.0 Å². The predicted octanol–water partition coefficient (Wildman–Crippen LogP) is 4.13. The van der Waals surface area contributed by atoms with Gasteiger partial charge in [0, 0.05) is 49.0 Å². The summed E-state index contributed by atoms with van der Waals surface area (Å²) >= 11 is 12.3. The Kier molecular flexibility index (Phi) is 5.76. The van der Waals surface area contributed by atoms with Crippen molar-refractivity contribution in [3.8, 4) is 0 Å². The number of sulfonamides is 1. The van der Waals surface area contributed by atoms with Gasteiger partial charge in [0.1, 0.15) is 5.82 Å². The zero-order chi connectivity index (χ0) is 21.5. The van der Waals surface area contributed by atoms with Crippen LogP contribution >= 0.6 is 23.2 Å². The highest BCUT2D eigenvalue weighted by atomic mass is 35.5. The summed E-state index contributed by atoms with van der Waals surface area (Å²) < 4.78 is 42.8. The van der Waals surface area contributed by atoms with E-state index in [2.05, 4.69) is 10.3 Å². The van der Waals surface area contributed by atoms with E-state index in [-0.39, 0.29) is 35.1 Å². The Labute approximate surface area is 184 Å². The lowest BCUT2D eigenvalue weighted by atomic mass is 9.94. The predicted molar refractivity (Wildman–Crippen MR) is 115 cm³/mol. The Hall–Kier alpha value is -2.13. The molecule has 2 aromatic carbocycles. The van der Waals surface area contributed by atoms with Crippen LogP contribution in [0, 0.1) is 5.82 Å². The van der Waals surface area contributed by atoms with Crippen LogP contribution in [0.15, 0.2) is 60.0 Å². The molecule has 6 nitrogen and oxygen atoms in total. The highest BCUT2D eigenvalue weighted by Gasteiger charge is 2.41. The van der Waals surface area contributed by atoms with Crippen molar-refractivity contribution in [2.24, 2.45) is 7.05 Å². The second kappa shape index (κ2) is 8.19. The molecule has 158 valence electrons. The van der Waals surface area contributed by atoms with E-state index in [0.29, 0.717) is 10.7 Å². The van der Waals surface area contributed by atoms with Gasteiger partial charge in [-0.2, -0.15) is 4.31 Å². The van der Waals surface area contributed by atoms with E-state index in [9.17, 15) is 12.8 Å². The second-order valence-corrected chi connectivity index (χ2v) is 9.91. The first-order valence-corrected chi connectivity index (χ1v) is 11.4. The molecule has 0 amide bonds. The van der Waals surface area contributed by atoms with Crippen molar-refractivity contribution in [3.05, 3.63) is 76.4 Å². The van der Waals surface area contributed by atoms with Crippen molar-refractivity contribution in [2.45, 2.75) is 17.0 Å². The van der Waals surface area contributed by atoms with E-state index in [4.69, 9.17) is 23.2 Å². The average molecular weight is 469 g/mol. The third kappa shape index (κ3) is 4.05. The Bertz CT molecular complexity index is 1190. The van der Waals surface area contributed by atoms with E-state index < -0.39 is 15.8 Å². The quantitative estimate of drug-likeness (QED) is 0.610. The first kappa shape index (κ1) is 21.1. The molecule has 30 heavy (non-hydrogen) atoms. The van der Waals surface area contributed by atoms with Gasteiger partial charge in [0.05, 0.1) is 11.3 Å². The maximum atomic E-state index is 13.5. The van der Waals surface area contributed by atoms with Crippen LogP contribution in [-0.4, -0.2) is 41.4 Å². The number of halogens is 3. The minimum absolute atomic E-state index is 0.00612. The van der Waals surface area contributed by atoms with E-state index in [0.717, 1.165) is 5.56 Å². The average Bonchev–Trinajstić information content (AvgIpc) is 3.32. The number of anilines is 1. The van der Waals surface area contributed by atoms with Crippen LogP contribution in [0.4, 0.5) is 10.1 Å². The molecule has 1 saturated heterocycles. The highest BCUT2D eigenvalue weighted by molar-refractivity contribution is 7.89. The molecule has 1 fully saturated rings. The van der Waals surface area contributed by atoms with Crippen molar-refractivity contribution < 1.29 is 12.8 Å². The summed E-state index contributed by atoms with van der Waals surface area (Å²) in [4.78, 5) is 4.01. The van der Waals surface area contributed by atoms with Gasteiger partial charge in [0.15, 0.2) is 5.03 Å². The first-order chi connectivity index (χ1) is 14.3. The summed E-state index contributed by atoms with van der Waals surface area (Å²) in [7, 11) is -2.07. The summed E-state index contributed by atoms with van der Waals surface area (Å²) in [5.41, 5.74) is 1.43. The summed E-state index contributed by atoms with van der Waals surface area (Å²) in [6.07, 6.45) is 2.92. The maximum absolute atomic E-state index is 13.5. The van der Waals surface area contributed by atoms with Crippen molar-refractivity contribution in [3.63, 3.8) is 0 Å². The minimum atomic E-state index is -3.78. The van der Waals surface area contributed by atoms with Gasteiger partial charge in [-0.25, -0.2) is 17.8 Å². The number of hydrogen-bond acceptors (Lipinski definition) is 4. The van der Waals surface area contributed by atoms with Gasteiger partial charge < -0.3 is 9.88 Å². The van der Waals surface area contributed by atoms with Crippen LogP contribution in [0.5, 0.6) is 0 Å². The molecule has 2 atom stereocenters. The smallest absolute Gasteiger partial charge is 0.262 e. The van der Waals surface area contributed by atoms with Crippen molar-refractivity contribution in [2.75, 3.05) is 18.4 Å². The number of benzene rings is 2. The lowest BCUT2D eigenvalue weighted by Gasteiger charge is -2.22. The molecule has 0 unspecified atom stereocenters. The zero-order valence-electron chi connectivity index (χ0n) is 16.0. The fourth-order valence-electron chi connectivity index (χ4n) is 3.66. The van der Waals surface area contributed by atoms with Gasteiger partial charge in [-0.3, -0.25) is 0 Å². The molecule has 10 heteroatoms. The summed E-state index contributed by atoms with van der Waals surface area (Å²) in [6.45, 7) is 0.430. The molecule has 1 N–H and O–H groups in total. The second-order valence-electron chi connectivity index (χ2n) is 7.21. The summed E-state index contributed by atoms with van der Waals surface area (Å²) in [6, 6.07) is 11.4. The van der Waals surface area contributed by atoms with Gasteiger partial charge in [0.2, 0.25) is 0 Å². The molecule has 1 aromatic heterocycles. The maximum Gasteiger partial charge on any atom is 0.262 e. The van der Waals surface area contributed by atoms with Gasteiger partial charge in [-0.1, -0.05) is 41.4 Å². The lowest BCUT2D eigenvalue weighted by Crippen LogP contribution is -2.32.